The summed E-state index contributed by atoms with van der Waals surface area (Å²) in [6, 6.07) is 17.6. The first-order valence-electron chi connectivity index (χ1n) is 7.06. The molecule has 0 saturated heterocycles. The van der Waals surface area contributed by atoms with Crippen molar-refractivity contribution in [2.75, 3.05) is 5.43 Å². The van der Waals surface area contributed by atoms with E-state index in [1.54, 1.807) is 0 Å². The Kier molecular flexibility index (Phi) is 3.16. The Morgan fingerprint density at radius 1 is 0.947 bits per heavy atom. The lowest BCUT2D eigenvalue weighted by molar-refractivity contribution is 0.636. The van der Waals surface area contributed by atoms with E-state index in [9.17, 15) is 0 Å². The first-order chi connectivity index (χ1) is 9.31. The molecular formula is C17H20N2. The lowest BCUT2D eigenvalue weighted by Crippen LogP contribution is -2.24. The third-order valence-electron chi connectivity index (χ3n) is 3.65. The molecule has 1 atom stereocenters. The number of rotatable bonds is 4. The zero-order valence-corrected chi connectivity index (χ0v) is 11.6. The van der Waals surface area contributed by atoms with Gasteiger partial charge in [-0.25, -0.2) is 0 Å². The maximum atomic E-state index is 3.63. The minimum Gasteiger partial charge on any atom is -0.323 e. The van der Waals surface area contributed by atoms with Crippen LogP contribution in [0.4, 0.5) is 0 Å². The number of fused-ring (bicyclic) bond motifs is 3. The Bertz CT molecular complexity index is 643. The van der Waals surface area contributed by atoms with Gasteiger partial charge in [0, 0.05) is 16.8 Å². The fraction of sp³-hybridized carbons (Fsp3) is 0.294. The van der Waals surface area contributed by atoms with E-state index in [1.807, 2.05) is 0 Å². The molecule has 0 fully saturated rings. The van der Waals surface area contributed by atoms with Crippen LogP contribution >= 0.6 is 0 Å². The summed E-state index contributed by atoms with van der Waals surface area (Å²) in [6.45, 7) is 4.47. The summed E-state index contributed by atoms with van der Waals surface area (Å²) < 4.78 is 2.24. The number of para-hydroxylation sites is 2. The topological polar surface area (TPSA) is 17.0 Å². The molecule has 0 radical (unpaired) electrons. The van der Waals surface area contributed by atoms with Crippen LogP contribution in [0.5, 0.6) is 0 Å². The van der Waals surface area contributed by atoms with Gasteiger partial charge in [0.25, 0.3) is 0 Å². The van der Waals surface area contributed by atoms with Crippen molar-refractivity contribution in [3.05, 3.63) is 48.5 Å². The fourth-order valence-electron chi connectivity index (χ4n) is 2.78. The van der Waals surface area contributed by atoms with Gasteiger partial charge in [0.05, 0.1) is 11.0 Å². The van der Waals surface area contributed by atoms with E-state index in [1.165, 1.54) is 34.6 Å². The normalized spacial score (nSPS) is 12.9. The van der Waals surface area contributed by atoms with Crippen LogP contribution in [0, 0.1) is 0 Å². The quantitative estimate of drug-likeness (QED) is 0.722. The number of hydrogen-bond donors (Lipinski definition) is 1. The standard InChI is InChI=1S/C17H20N2/c1-3-8-13(2)18-19-16-11-6-4-9-14(16)15-10-5-7-12-17(15)19/h4-7,9-13,18H,3,8H2,1-2H3. The molecule has 0 spiro atoms. The zero-order valence-electron chi connectivity index (χ0n) is 11.6. The van der Waals surface area contributed by atoms with E-state index in [-0.39, 0.29) is 0 Å². The molecule has 0 aliphatic carbocycles. The van der Waals surface area contributed by atoms with Gasteiger partial charge in [-0.2, -0.15) is 0 Å². The Labute approximate surface area is 114 Å². The highest BCUT2D eigenvalue weighted by atomic mass is 15.4. The maximum Gasteiger partial charge on any atom is 0.0706 e. The van der Waals surface area contributed by atoms with E-state index < -0.39 is 0 Å². The molecule has 0 bridgehead atoms. The summed E-state index contributed by atoms with van der Waals surface area (Å²) in [7, 11) is 0. The highest BCUT2D eigenvalue weighted by molar-refractivity contribution is 6.08. The molecule has 0 aliphatic rings. The van der Waals surface area contributed by atoms with Gasteiger partial charge in [-0.1, -0.05) is 49.7 Å². The lowest BCUT2D eigenvalue weighted by atomic mass is 10.2. The van der Waals surface area contributed by atoms with Crippen LogP contribution in [0.25, 0.3) is 21.8 Å². The highest BCUT2D eigenvalue weighted by Gasteiger charge is 2.10. The number of benzene rings is 2. The molecule has 1 unspecified atom stereocenters. The Balaban J connectivity index is 2.19. The molecule has 2 aromatic carbocycles. The van der Waals surface area contributed by atoms with Crippen molar-refractivity contribution >= 4 is 21.8 Å². The van der Waals surface area contributed by atoms with Crippen LogP contribution in [-0.2, 0) is 0 Å². The van der Waals surface area contributed by atoms with Crippen LogP contribution in [-0.4, -0.2) is 10.7 Å². The molecule has 2 nitrogen and oxygen atoms in total. The van der Waals surface area contributed by atoms with Crippen molar-refractivity contribution in [2.45, 2.75) is 32.7 Å². The molecule has 2 heteroatoms. The summed E-state index contributed by atoms with van der Waals surface area (Å²) in [5, 5.41) is 2.63. The molecule has 1 N–H and O–H groups in total. The van der Waals surface area contributed by atoms with Crippen molar-refractivity contribution in [3.63, 3.8) is 0 Å². The molecular weight excluding hydrogens is 232 g/mol. The van der Waals surface area contributed by atoms with Crippen molar-refractivity contribution in [3.8, 4) is 0 Å². The summed E-state index contributed by atoms with van der Waals surface area (Å²) in [5.74, 6) is 0. The summed E-state index contributed by atoms with van der Waals surface area (Å²) >= 11 is 0. The number of nitrogens with zero attached hydrogens (tertiary/aromatic N) is 1. The molecule has 1 aromatic heterocycles. The second kappa shape index (κ2) is 4.96. The van der Waals surface area contributed by atoms with Gasteiger partial charge in [0.15, 0.2) is 0 Å². The van der Waals surface area contributed by atoms with Gasteiger partial charge in [0.2, 0.25) is 0 Å². The zero-order chi connectivity index (χ0) is 13.2. The number of aromatic nitrogens is 1. The minimum atomic E-state index is 0.476. The predicted molar refractivity (Wildman–Crippen MR) is 83.2 cm³/mol. The SMILES string of the molecule is CCCC(C)Nn1c2ccccc2c2ccccc21. The molecule has 0 amide bonds. The van der Waals surface area contributed by atoms with E-state index in [4.69, 9.17) is 0 Å². The average Bonchev–Trinajstić information content (AvgIpc) is 2.75. The van der Waals surface area contributed by atoms with Crippen LogP contribution in [0.2, 0.25) is 0 Å². The van der Waals surface area contributed by atoms with E-state index in [0.717, 1.165) is 0 Å². The Hall–Kier alpha value is -1.96. The van der Waals surface area contributed by atoms with E-state index in [0.29, 0.717) is 6.04 Å². The smallest absolute Gasteiger partial charge is 0.0706 e. The number of hydrogen-bond acceptors (Lipinski definition) is 1. The number of nitrogens with one attached hydrogen (secondary N) is 1. The van der Waals surface area contributed by atoms with Gasteiger partial charge in [-0.05, 0) is 25.5 Å². The summed E-state index contributed by atoms with van der Waals surface area (Å²) in [4.78, 5) is 0. The highest BCUT2D eigenvalue weighted by Crippen LogP contribution is 2.27. The fourth-order valence-corrected chi connectivity index (χ4v) is 2.78. The molecule has 0 saturated carbocycles. The Morgan fingerprint density at radius 3 is 2.00 bits per heavy atom. The van der Waals surface area contributed by atoms with Crippen molar-refractivity contribution in [1.29, 1.82) is 0 Å². The third kappa shape index (κ3) is 2.07. The van der Waals surface area contributed by atoms with E-state index >= 15 is 0 Å². The molecule has 3 aromatic rings. The van der Waals surface area contributed by atoms with Crippen LogP contribution < -0.4 is 5.43 Å². The summed E-state index contributed by atoms with van der Waals surface area (Å²) in [5.41, 5.74) is 6.14. The lowest BCUT2D eigenvalue weighted by Gasteiger charge is -2.17. The van der Waals surface area contributed by atoms with Gasteiger partial charge >= 0.3 is 0 Å². The molecule has 19 heavy (non-hydrogen) atoms. The van der Waals surface area contributed by atoms with Gasteiger partial charge < -0.3 is 5.43 Å². The van der Waals surface area contributed by atoms with Crippen molar-refractivity contribution in [2.24, 2.45) is 0 Å². The largest absolute Gasteiger partial charge is 0.323 e. The second-order valence-electron chi connectivity index (χ2n) is 5.19. The van der Waals surface area contributed by atoms with Crippen molar-refractivity contribution in [1.82, 2.24) is 4.68 Å². The Morgan fingerprint density at radius 2 is 1.47 bits per heavy atom. The molecule has 0 aliphatic heterocycles. The van der Waals surface area contributed by atoms with Crippen LogP contribution in [0.1, 0.15) is 26.7 Å². The van der Waals surface area contributed by atoms with Crippen LogP contribution in [0.15, 0.2) is 48.5 Å². The van der Waals surface area contributed by atoms with Crippen LogP contribution in [0.3, 0.4) is 0 Å². The second-order valence-corrected chi connectivity index (χ2v) is 5.19. The summed E-state index contributed by atoms with van der Waals surface area (Å²) in [6.07, 6.45) is 2.38. The van der Waals surface area contributed by atoms with Gasteiger partial charge in [0.1, 0.15) is 0 Å². The first kappa shape index (κ1) is 12.1. The first-order valence-corrected chi connectivity index (χ1v) is 7.06. The van der Waals surface area contributed by atoms with E-state index in [2.05, 4.69) is 72.5 Å². The van der Waals surface area contributed by atoms with Crippen molar-refractivity contribution < 1.29 is 0 Å². The maximum absolute atomic E-state index is 3.63. The monoisotopic (exact) mass is 252 g/mol. The average molecular weight is 252 g/mol. The molecule has 98 valence electrons. The third-order valence-corrected chi connectivity index (χ3v) is 3.65. The molecule has 1 heterocycles. The minimum absolute atomic E-state index is 0.476. The predicted octanol–water partition coefficient (Wildman–Crippen LogP) is 4.53. The molecule has 3 rings (SSSR count). The van der Waals surface area contributed by atoms with Gasteiger partial charge in [-0.3, -0.25) is 4.68 Å². The van der Waals surface area contributed by atoms with Gasteiger partial charge in [-0.15, -0.1) is 0 Å².